The SMILES string of the molecule is CC(=O)CC[C@H]1CN(c2ccc(N)c(F)c2)C(=O)O1. The average molecular weight is 266 g/mol. The molecule has 1 amide bonds. The maximum Gasteiger partial charge on any atom is 0.414 e. The number of halogens is 1. The lowest BCUT2D eigenvalue weighted by atomic mass is 10.1. The Balaban J connectivity index is 2.07. The van der Waals surface area contributed by atoms with E-state index in [2.05, 4.69) is 0 Å². The van der Waals surface area contributed by atoms with Gasteiger partial charge >= 0.3 is 6.09 Å². The van der Waals surface area contributed by atoms with Gasteiger partial charge in [-0.15, -0.1) is 0 Å². The van der Waals surface area contributed by atoms with Crippen molar-refractivity contribution in [1.29, 1.82) is 0 Å². The lowest BCUT2D eigenvalue weighted by Gasteiger charge is -2.13. The lowest BCUT2D eigenvalue weighted by molar-refractivity contribution is -0.117. The van der Waals surface area contributed by atoms with E-state index in [1.165, 1.54) is 24.0 Å². The molecule has 1 saturated heterocycles. The number of ether oxygens (including phenoxy) is 1. The highest BCUT2D eigenvalue weighted by Gasteiger charge is 2.32. The third-order valence-electron chi connectivity index (χ3n) is 2.99. The number of benzene rings is 1. The highest BCUT2D eigenvalue weighted by Crippen LogP contribution is 2.26. The zero-order chi connectivity index (χ0) is 14.0. The minimum absolute atomic E-state index is 0.0319. The summed E-state index contributed by atoms with van der Waals surface area (Å²) in [6.07, 6.45) is -0.0218. The van der Waals surface area contributed by atoms with Crippen LogP contribution in [0.2, 0.25) is 0 Å². The van der Waals surface area contributed by atoms with Crippen LogP contribution in [0.5, 0.6) is 0 Å². The molecule has 1 aromatic rings. The number of hydrogen-bond donors (Lipinski definition) is 1. The van der Waals surface area contributed by atoms with Crippen molar-refractivity contribution in [3.63, 3.8) is 0 Å². The summed E-state index contributed by atoms with van der Waals surface area (Å²) in [4.78, 5) is 23.9. The molecule has 1 fully saturated rings. The van der Waals surface area contributed by atoms with E-state index in [-0.39, 0.29) is 17.6 Å². The van der Waals surface area contributed by atoms with Crippen molar-refractivity contribution in [2.45, 2.75) is 25.9 Å². The van der Waals surface area contributed by atoms with Crippen LogP contribution in [0, 0.1) is 5.82 Å². The molecule has 2 N–H and O–H groups in total. The average Bonchev–Trinajstić information content (AvgIpc) is 2.72. The van der Waals surface area contributed by atoms with Gasteiger partial charge in [0.25, 0.3) is 0 Å². The van der Waals surface area contributed by atoms with Gasteiger partial charge in [0.15, 0.2) is 0 Å². The Bertz CT molecular complexity index is 519. The molecule has 0 aromatic heterocycles. The second kappa shape index (κ2) is 5.26. The molecule has 2 rings (SSSR count). The van der Waals surface area contributed by atoms with Crippen molar-refractivity contribution in [1.82, 2.24) is 0 Å². The van der Waals surface area contributed by atoms with E-state index in [1.54, 1.807) is 6.07 Å². The monoisotopic (exact) mass is 266 g/mol. The molecular weight excluding hydrogens is 251 g/mol. The Morgan fingerprint density at radius 1 is 1.58 bits per heavy atom. The number of Topliss-reactive ketones (excluding diaryl/α,β-unsaturated/α-hetero) is 1. The summed E-state index contributed by atoms with van der Waals surface area (Å²) in [6, 6.07) is 4.16. The van der Waals surface area contributed by atoms with Crippen molar-refractivity contribution in [3.8, 4) is 0 Å². The van der Waals surface area contributed by atoms with E-state index in [4.69, 9.17) is 10.5 Å². The first-order valence-electron chi connectivity index (χ1n) is 6.00. The summed E-state index contributed by atoms with van der Waals surface area (Å²) in [6.45, 7) is 1.80. The van der Waals surface area contributed by atoms with Crippen LogP contribution in [0.4, 0.5) is 20.6 Å². The third-order valence-corrected chi connectivity index (χ3v) is 2.99. The Morgan fingerprint density at radius 2 is 2.32 bits per heavy atom. The minimum Gasteiger partial charge on any atom is -0.444 e. The number of nitrogens with zero attached hydrogens (tertiary/aromatic N) is 1. The maximum absolute atomic E-state index is 13.4. The van der Waals surface area contributed by atoms with Crippen molar-refractivity contribution < 1.29 is 18.7 Å². The molecule has 1 atom stereocenters. The number of rotatable bonds is 4. The second-order valence-electron chi connectivity index (χ2n) is 4.56. The molecule has 0 radical (unpaired) electrons. The Morgan fingerprint density at radius 3 is 2.95 bits per heavy atom. The number of nitrogen functional groups attached to an aromatic ring is 1. The molecule has 6 heteroatoms. The molecule has 1 heterocycles. The fourth-order valence-electron chi connectivity index (χ4n) is 1.93. The molecule has 1 aliphatic heterocycles. The highest BCUT2D eigenvalue weighted by molar-refractivity contribution is 5.90. The summed E-state index contributed by atoms with van der Waals surface area (Å²) in [5, 5.41) is 0. The molecule has 1 aliphatic rings. The molecule has 0 aliphatic carbocycles. The fraction of sp³-hybridized carbons (Fsp3) is 0.385. The van der Waals surface area contributed by atoms with Gasteiger partial charge in [0.05, 0.1) is 17.9 Å². The van der Waals surface area contributed by atoms with Crippen molar-refractivity contribution in [2.24, 2.45) is 0 Å². The number of carbonyl (C=O) groups is 2. The first kappa shape index (κ1) is 13.3. The predicted octanol–water partition coefficient (Wildman–Crippen LogP) is 2.10. The van der Waals surface area contributed by atoms with Gasteiger partial charge < -0.3 is 15.3 Å². The standard InChI is InChI=1S/C13H15FN2O3/c1-8(17)2-4-10-7-16(13(18)19-10)9-3-5-12(15)11(14)6-9/h3,5-6,10H,2,4,7,15H2,1H3/t10-/m0/s1. The summed E-state index contributed by atoms with van der Waals surface area (Å²) in [7, 11) is 0. The number of ketones is 1. The van der Waals surface area contributed by atoms with Gasteiger partial charge in [0.2, 0.25) is 0 Å². The third kappa shape index (κ3) is 3.01. The van der Waals surface area contributed by atoms with Crippen molar-refractivity contribution in [3.05, 3.63) is 24.0 Å². The predicted molar refractivity (Wildman–Crippen MR) is 68.3 cm³/mol. The number of nitrogens with two attached hydrogens (primary N) is 1. The molecule has 0 unspecified atom stereocenters. The molecule has 0 spiro atoms. The van der Waals surface area contributed by atoms with Gasteiger partial charge in [-0.3, -0.25) is 4.90 Å². The quantitative estimate of drug-likeness (QED) is 0.847. The molecule has 0 bridgehead atoms. The van der Waals surface area contributed by atoms with Crippen LogP contribution in [0.3, 0.4) is 0 Å². The summed E-state index contributed by atoms with van der Waals surface area (Å²) < 4.78 is 18.5. The Labute approximate surface area is 110 Å². The van der Waals surface area contributed by atoms with E-state index >= 15 is 0 Å². The smallest absolute Gasteiger partial charge is 0.414 e. The summed E-state index contributed by atoms with van der Waals surface area (Å²) >= 11 is 0. The van der Waals surface area contributed by atoms with E-state index in [0.29, 0.717) is 25.1 Å². The normalized spacial score (nSPS) is 18.5. The molecule has 1 aromatic carbocycles. The zero-order valence-corrected chi connectivity index (χ0v) is 10.6. The van der Waals surface area contributed by atoms with Crippen molar-refractivity contribution >= 4 is 23.3 Å². The summed E-state index contributed by atoms with van der Waals surface area (Å²) in [5.74, 6) is -0.523. The maximum atomic E-state index is 13.4. The van der Waals surface area contributed by atoms with Crippen LogP contribution in [0.25, 0.3) is 0 Å². The largest absolute Gasteiger partial charge is 0.444 e. The first-order chi connectivity index (χ1) is 8.97. The van der Waals surface area contributed by atoms with Crippen LogP contribution in [-0.4, -0.2) is 24.5 Å². The van der Waals surface area contributed by atoms with Crippen LogP contribution in [0.15, 0.2) is 18.2 Å². The number of carbonyl (C=O) groups excluding carboxylic acids is 2. The van der Waals surface area contributed by atoms with E-state index in [0.717, 1.165) is 0 Å². The van der Waals surface area contributed by atoms with Gasteiger partial charge in [-0.25, -0.2) is 9.18 Å². The van der Waals surface area contributed by atoms with Gasteiger partial charge in [0.1, 0.15) is 17.7 Å². The van der Waals surface area contributed by atoms with Gasteiger partial charge in [-0.2, -0.15) is 0 Å². The van der Waals surface area contributed by atoms with Crippen LogP contribution in [0.1, 0.15) is 19.8 Å². The van der Waals surface area contributed by atoms with Gasteiger partial charge in [0, 0.05) is 6.42 Å². The first-order valence-corrected chi connectivity index (χ1v) is 6.00. The minimum atomic E-state index is -0.572. The van der Waals surface area contributed by atoms with E-state index in [1.807, 2.05) is 0 Å². The zero-order valence-electron chi connectivity index (χ0n) is 10.6. The van der Waals surface area contributed by atoms with Gasteiger partial charge in [-0.05, 0) is 31.5 Å². The molecule has 0 saturated carbocycles. The van der Waals surface area contributed by atoms with E-state index in [9.17, 15) is 14.0 Å². The van der Waals surface area contributed by atoms with E-state index < -0.39 is 11.9 Å². The number of cyclic esters (lactones) is 1. The van der Waals surface area contributed by atoms with Crippen LogP contribution < -0.4 is 10.6 Å². The lowest BCUT2D eigenvalue weighted by Crippen LogP contribution is -2.24. The van der Waals surface area contributed by atoms with Gasteiger partial charge in [-0.1, -0.05) is 0 Å². The fourth-order valence-corrected chi connectivity index (χ4v) is 1.93. The molecule has 5 nitrogen and oxygen atoms in total. The highest BCUT2D eigenvalue weighted by atomic mass is 19.1. The molecular formula is C13H15FN2O3. The topological polar surface area (TPSA) is 72.6 Å². The number of amides is 1. The van der Waals surface area contributed by atoms with Crippen LogP contribution in [-0.2, 0) is 9.53 Å². The molecule has 102 valence electrons. The van der Waals surface area contributed by atoms with Crippen LogP contribution >= 0.6 is 0 Å². The number of hydrogen-bond acceptors (Lipinski definition) is 4. The Hall–Kier alpha value is -2.11. The summed E-state index contributed by atoms with van der Waals surface area (Å²) in [5.41, 5.74) is 5.82. The van der Waals surface area contributed by atoms with Crippen molar-refractivity contribution in [2.75, 3.05) is 17.2 Å². The second-order valence-corrected chi connectivity index (χ2v) is 4.56. The molecule has 19 heavy (non-hydrogen) atoms. The number of anilines is 2. The Kier molecular flexibility index (Phi) is 3.69.